The Morgan fingerprint density at radius 1 is 1.71 bits per heavy atom. The number of anilines is 1. The monoisotopic (exact) mass is 192 g/mol. The van der Waals surface area contributed by atoms with Gasteiger partial charge in [-0.1, -0.05) is 0 Å². The van der Waals surface area contributed by atoms with Crippen LogP contribution in [0.5, 0.6) is 0 Å². The molecule has 0 spiro atoms. The van der Waals surface area contributed by atoms with Gasteiger partial charge in [0.15, 0.2) is 0 Å². The first-order valence-corrected chi connectivity index (χ1v) is 4.71. The van der Waals surface area contributed by atoms with Gasteiger partial charge in [-0.2, -0.15) is 0 Å². The molecule has 2 heterocycles. The van der Waals surface area contributed by atoms with E-state index in [9.17, 15) is 4.79 Å². The number of nitrogens with zero attached hydrogens (tertiary/aromatic N) is 1. The molecule has 0 fully saturated rings. The van der Waals surface area contributed by atoms with Gasteiger partial charge in [-0.3, -0.25) is 4.98 Å². The van der Waals surface area contributed by atoms with Crippen LogP contribution >= 0.6 is 0 Å². The minimum atomic E-state index is -0.309. The summed E-state index contributed by atoms with van der Waals surface area (Å²) in [5.74, 6) is -0.309. The van der Waals surface area contributed by atoms with Crippen molar-refractivity contribution in [2.45, 2.75) is 13.3 Å². The van der Waals surface area contributed by atoms with Crippen molar-refractivity contribution in [3.8, 4) is 0 Å². The van der Waals surface area contributed by atoms with Gasteiger partial charge in [0.05, 0.1) is 23.6 Å². The SMILES string of the molecule is CCOC(=O)c1cnc2c(c1)NCC2. The van der Waals surface area contributed by atoms with Crippen LogP contribution < -0.4 is 5.32 Å². The second-order valence-electron chi connectivity index (χ2n) is 3.12. The summed E-state index contributed by atoms with van der Waals surface area (Å²) in [6.45, 7) is 3.08. The Labute approximate surface area is 82.3 Å². The molecule has 0 saturated heterocycles. The fourth-order valence-corrected chi connectivity index (χ4v) is 1.49. The van der Waals surface area contributed by atoms with E-state index < -0.39 is 0 Å². The van der Waals surface area contributed by atoms with E-state index in [-0.39, 0.29) is 5.97 Å². The van der Waals surface area contributed by atoms with Gasteiger partial charge in [0.25, 0.3) is 0 Å². The van der Waals surface area contributed by atoms with Gasteiger partial charge >= 0.3 is 5.97 Å². The number of ether oxygens (including phenoxy) is 1. The highest BCUT2D eigenvalue weighted by Crippen LogP contribution is 2.20. The molecule has 0 aromatic carbocycles. The van der Waals surface area contributed by atoms with Crippen LogP contribution in [0.3, 0.4) is 0 Å². The number of aromatic nitrogens is 1. The molecule has 0 aliphatic carbocycles. The summed E-state index contributed by atoms with van der Waals surface area (Å²) in [6, 6.07) is 1.80. The number of nitrogens with one attached hydrogen (secondary N) is 1. The zero-order valence-electron chi connectivity index (χ0n) is 8.04. The second-order valence-corrected chi connectivity index (χ2v) is 3.12. The number of rotatable bonds is 2. The Kier molecular flexibility index (Phi) is 2.35. The Hall–Kier alpha value is -1.58. The molecule has 0 unspecified atom stereocenters. The number of pyridine rings is 1. The van der Waals surface area contributed by atoms with E-state index in [1.807, 2.05) is 0 Å². The van der Waals surface area contributed by atoms with Crippen molar-refractivity contribution < 1.29 is 9.53 Å². The lowest BCUT2D eigenvalue weighted by molar-refractivity contribution is 0.0526. The molecule has 0 bridgehead atoms. The van der Waals surface area contributed by atoms with Crippen LogP contribution in [0.2, 0.25) is 0 Å². The number of carbonyl (C=O) groups is 1. The van der Waals surface area contributed by atoms with Crippen LogP contribution in [-0.4, -0.2) is 24.1 Å². The maximum atomic E-state index is 11.4. The quantitative estimate of drug-likeness (QED) is 0.716. The van der Waals surface area contributed by atoms with Gasteiger partial charge in [-0.05, 0) is 13.0 Å². The number of carbonyl (C=O) groups excluding carboxylic acids is 1. The number of hydrogen-bond acceptors (Lipinski definition) is 4. The zero-order chi connectivity index (χ0) is 9.97. The zero-order valence-corrected chi connectivity index (χ0v) is 8.04. The molecule has 0 radical (unpaired) electrons. The summed E-state index contributed by atoms with van der Waals surface area (Å²) >= 11 is 0. The molecular weight excluding hydrogens is 180 g/mol. The largest absolute Gasteiger partial charge is 0.462 e. The van der Waals surface area contributed by atoms with Gasteiger partial charge in [-0.15, -0.1) is 0 Å². The smallest absolute Gasteiger partial charge is 0.339 e. The van der Waals surface area contributed by atoms with Gasteiger partial charge in [0.2, 0.25) is 0 Å². The van der Waals surface area contributed by atoms with Crippen molar-refractivity contribution >= 4 is 11.7 Å². The van der Waals surface area contributed by atoms with Crippen molar-refractivity contribution in [2.75, 3.05) is 18.5 Å². The molecule has 1 aliphatic rings. The highest BCUT2D eigenvalue weighted by Gasteiger charge is 2.14. The van der Waals surface area contributed by atoms with Crippen LogP contribution in [0.4, 0.5) is 5.69 Å². The normalized spacial score (nSPS) is 13.2. The first kappa shape index (κ1) is 8.99. The standard InChI is InChI=1S/C10H12N2O2/c1-2-14-10(13)7-5-9-8(12-6-7)3-4-11-9/h5-6,11H,2-4H2,1H3. The lowest BCUT2D eigenvalue weighted by Crippen LogP contribution is -2.05. The maximum Gasteiger partial charge on any atom is 0.339 e. The Morgan fingerprint density at radius 3 is 3.36 bits per heavy atom. The first-order chi connectivity index (χ1) is 6.81. The second kappa shape index (κ2) is 3.65. The third kappa shape index (κ3) is 1.55. The summed E-state index contributed by atoms with van der Waals surface area (Å²) in [4.78, 5) is 15.6. The van der Waals surface area contributed by atoms with Crippen molar-refractivity contribution in [2.24, 2.45) is 0 Å². The van der Waals surface area contributed by atoms with E-state index in [2.05, 4.69) is 10.3 Å². The molecule has 0 amide bonds. The average molecular weight is 192 g/mol. The number of hydrogen-bond donors (Lipinski definition) is 1. The van der Waals surface area contributed by atoms with E-state index in [0.717, 1.165) is 24.3 Å². The fourth-order valence-electron chi connectivity index (χ4n) is 1.49. The molecule has 1 aliphatic heterocycles. The van der Waals surface area contributed by atoms with Crippen molar-refractivity contribution in [1.29, 1.82) is 0 Å². The molecule has 0 atom stereocenters. The number of esters is 1. The molecule has 1 aromatic rings. The molecular formula is C10H12N2O2. The van der Waals surface area contributed by atoms with Crippen LogP contribution in [-0.2, 0) is 11.2 Å². The van der Waals surface area contributed by atoms with E-state index in [1.165, 1.54) is 0 Å². The van der Waals surface area contributed by atoms with Crippen LogP contribution in [0, 0.1) is 0 Å². The predicted molar refractivity (Wildman–Crippen MR) is 52.4 cm³/mol. The van der Waals surface area contributed by atoms with Gasteiger partial charge < -0.3 is 10.1 Å². The Morgan fingerprint density at radius 2 is 2.57 bits per heavy atom. The summed E-state index contributed by atoms with van der Waals surface area (Å²) in [7, 11) is 0. The first-order valence-electron chi connectivity index (χ1n) is 4.71. The van der Waals surface area contributed by atoms with Gasteiger partial charge in [0, 0.05) is 19.2 Å². The van der Waals surface area contributed by atoms with Gasteiger partial charge in [-0.25, -0.2) is 4.79 Å². The van der Waals surface area contributed by atoms with Gasteiger partial charge in [0.1, 0.15) is 0 Å². The number of fused-ring (bicyclic) bond motifs is 1. The van der Waals surface area contributed by atoms with E-state index >= 15 is 0 Å². The van der Waals surface area contributed by atoms with E-state index in [0.29, 0.717) is 12.2 Å². The molecule has 1 N–H and O–H groups in total. The highest BCUT2D eigenvalue weighted by molar-refractivity contribution is 5.90. The van der Waals surface area contributed by atoms with Crippen LogP contribution in [0.15, 0.2) is 12.3 Å². The van der Waals surface area contributed by atoms with E-state index in [1.54, 1.807) is 19.2 Å². The molecule has 4 heteroatoms. The summed E-state index contributed by atoms with van der Waals surface area (Å²) in [5, 5.41) is 3.17. The minimum Gasteiger partial charge on any atom is -0.462 e. The molecule has 0 saturated carbocycles. The molecule has 2 rings (SSSR count). The third-order valence-electron chi connectivity index (χ3n) is 2.16. The summed E-state index contributed by atoms with van der Waals surface area (Å²) in [5.41, 5.74) is 2.49. The Balaban J connectivity index is 2.24. The minimum absolute atomic E-state index is 0.309. The predicted octanol–water partition coefficient (Wildman–Crippen LogP) is 1.23. The van der Waals surface area contributed by atoms with E-state index in [4.69, 9.17) is 4.74 Å². The maximum absolute atomic E-state index is 11.4. The van der Waals surface area contributed by atoms with Crippen molar-refractivity contribution in [1.82, 2.24) is 4.98 Å². The molecule has 1 aromatic heterocycles. The van der Waals surface area contributed by atoms with Crippen molar-refractivity contribution in [3.05, 3.63) is 23.5 Å². The highest BCUT2D eigenvalue weighted by atomic mass is 16.5. The van der Waals surface area contributed by atoms with Crippen LogP contribution in [0.1, 0.15) is 23.0 Å². The average Bonchev–Trinajstić information content (AvgIpc) is 2.64. The molecule has 74 valence electrons. The molecule has 14 heavy (non-hydrogen) atoms. The third-order valence-corrected chi connectivity index (χ3v) is 2.16. The molecule has 4 nitrogen and oxygen atoms in total. The topological polar surface area (TPSA) is 51.2 Å². The fraction of sp³-hybridized carbons (Fsp3) is 0.400. The summed E-state index contributed by atoms with van der Waals surface area (Å²) < 4.78 is 4.88. The Bertz CT molecular complexity index is 363. The lowest BCUT2D eigenvalue weighted by atomic mass is 10.2. The summed E-state index contributed by atoms with van der Waals surface area (Å²) in [6.07, 6.45) is 2.50. The lowest BCUT2D eigenvalue weighted by Gasteiger charge is -2.03. The van der Waals surface area contributed by atoms with Crippen molar-refractivity contribution in [3.63, 3.8) is 0 Å². The van der Waals surface area contributed by atoms with Crippen LogP contribution in [0.25, 0.3) is 0 Å².